The molecule has 41 heavy (non-hydrogen) atoms. The quantitative estimate of drug-likeness (QED) is 0.372. The van der Waals surface area contributed by atoms with E-state index in [1.807, 2.05) is 13.8 Å². The van der Waals surface area contributed by atoms with Gasteiger partial charge in [0, 0.05) is 17.6 Å². The third-order valence-corrected chi connectivity index (χ3v) is 9.97. The highest BCUT2D eigenvalue weighted by Gasteiger charge is 2.45. The second kappa shape index (κ2) is 13.0. The number of hydrogen-bond acceptors (Lipinski definition) is 6. The van der Waals surface area contributed by atoms with E-state index < -0.39 is 40.5 Å². The van der Waals surface area contributed by atoms with Crippen LogP contribution in [0.4, 0.5) is 0 Å². The number of primary amides is 1. The van der Waals surface area contributed by atoms with Crippen LogP contribution in [0.2, 0.25) is 5.02 Å². The number of fused-ring (bicyclic) bond motifs is 1. The maximum Gasteiger partial charge on any atom is 0.245 e. The zero-order valence-corrected chi connectivity index (χ0v) is 25.3. The van der Waals surface area contributed by atoms with Gasteiger partial charge in [0.05, 0.1) is 37.7 Å². The lowest BCUT2D eigenvalue weighted by Crippen LogP contribution is -3.14. The summed E-state index contributed by atoms with van der Waals surface area (Å²) < 4.78 is 33.9. The summed E-state index contributed by atoms with van der Waals surface area (Å²) in [6, 6.07) is 7.57. The number of benzene rings is 2. The maximum absolute atomic E-state index is 13.8. The number of ether oxygens (including phenoxy) is 1. The molecule has 0 aromatic heterocycles. The van der Waals surface area contributed by atoms with Crippen LogP contribution in [0.25, 0.3) is 10.8 Å². The number of carbonyl (C=O) groups is 3. The highest BCUT2D eigenvalue weighted by atomic mass is 35.5. The molecular weight excluding hydrogens is 570 g/mol. The van der Waals surface area contributed by atoms with Gasteiger partial charge >= 0.3 is 0 Å². The maximum atomic E-state index is 13.8. The molecule has 0 spiro atoms. The van der Waals surface area contributed by atoms with E-state index in [0.29, 0.717) is 30.2 Å². The fraction of sp³-hybridized carbons (Fsp3) is 0.536. The van der Waals surface area contributed by atoms with E-state index in [2.05, 4.69) is 0 Å². The minimum Gasteiger partial charge on any atom is -0.370 e. The number of nitrogens with two attached hydrogens (primary N) is 1. The van der Waals surface area contributed by atoms with Crippen LogP contribution in [-0.2, 0) is 29.1 Å². The minimum absolute atomic E-state index is 0.0689. The Balaban J connectivity index is 1.53. The zero-order chi connectivity index (χ0) is 29.9. The average molecular weight is 609 g/mol. The van der Waals surface area contributed by atoms with Crippen LogP contribution >= 0.6 is 11.6 Å². The van der Waals surface area contributed by atoms with E-state index in [-0.39, 0.29) is 29.8 Å². The number of carbonyl (C=O) groups excluding carboxylic acids is 3. The first-order valence-corrected chi connectivity index (χ1v) is 15.7. The third kappa shape index (κ3) is 7.00. The number of nitrogens with zero attached hydrogens (tertiary/aromatic N) is 3. The molecule has 2 fully saturated rings. The topological polar surface area (TPSA) is 135 Å². The summed E-state index contributed by atoms with van der Waals surface area (Å²) in [5.41, 5.74) is 5.44. The van der Waals surface area contributed by atoms with Crippen molar-refractivity contribution < 1.29 is 32.4 Å². The van der Waals surface area contributed by atoms with E-state index in [1.54, 1.807) is 36.1 Å². The number of morpholine rings is 1. The van der Waals surface area contributed by atoms with E-state index in [4.69, 9.17) is 22.1 Å². The predicted molar refractivity (Wildman–Crippen MR) is 155 cm³/mol. The molecule has 11 nitrogen and oxygen atoms in total. The summed E-state index contributed by atoms with van der Waals surface area (Å²) in [7, 11) is -4.29. The van der Waals surface area contributed by atoms with Crippen LogP contribution in [0.15, 0.2) is 41.3 Å². The van der Waals surface area contributed by atoms with Gasteiger partial charge in [-0.3, -0.25) is 14.4 Å². The summed E-state index contributed by atoms with van der Waals surface area (Å²) in [5, 5.41) is 1.90. The first-order chi connectivity index (χ1) is 19.4. The Morgan fingerprint density at radius 1 is 1.12 bits per heavy atom. The van der Waals surface area contributed by atoms with Gasteiger partial charge in [0.15, 0.2) is 0 Å². The van der Waals surface area contributed by atoms with Gasteiger partial charge < -0.3 is 25.2 Å². The van der Waals surface area contributed by atoms with E-state index in [9.17, 15) is 22.8 Å². The van der Waals surface area contributed by atoms with Crippen molar-refractivity contribution in [1.82, 2.24) is 14.1 Å². The summed E-state index contributed by atoms with van der Waals surface area (Å²) in [5.74, 6) is -1.60. The van der Waals surface area contributed by atoms with Crippen LogP contribution in [0.5, 0.6) is 0 Å². The molecule has 0 saturated carbocycles. The van der Waals surface area contributed by atoms with Gasteiger partial charge in [-0.15, -0.1) is 0 Å². The Bertz CT molecular complexity index is 1400. The van der Waals surface area contributed by atoms with Gasteiger partial charge in [-0.05, 0) is 62.2 Å². The predicted octanol–water partition coefficient (Wildman–Crippen LogP) is 0.111. The Kier molecular flexibility index (Phi) is 9.91. The number of amides is 3. The van der Waals surface area contributed by atoms with E-state index >= 15 is 0 Å². The van der Waals surface area contributed by atoms with E-state index in [0.717, 1.165) is 29.3 Å². The first kappa shape index (κ1) is 31.2. The molecule has 2 unspecified atom stereocenters. The number of halogens is 1. The van der Waals surface area contributed by atoms with Crippen LogP contribution in [0.3, 0.4) is 0 Å². The molecule has 2 atom stereocenters. The summed E-state index contributed by atoms with van der Waals surface area (Å²) >= 11 is 6.06. The lowest BCUT2D eigenvalue weighted by molar-refractivity contribution is -0.907. The number of rotatable bonds is 11. The lowest BCUT2D eigenvalue weighted by atomic mass is 10.1. The highest BCUT2D eigenvalue weighted by molar-refractivity contribution is 7.89. The largest absolute Gasteiger partial charge is 0.370 e. The van der Waals surface area contributed by atoms with Gasteiger partial charge in [-0.25, -0.2) is 8.42 Å². The average Bonchev–Trinajstić information content (AvgIpc) is 3.31. The molecule has 2 aliphatic rings. The van der Waals surface area contributed by atoms with Crippen molar-refractivity contribution in [2.75, 3.05) is 52.5 Å². The smallest absolute Gasteiger partial charge is 0.245 e. The van der Waals surface area contributed by atoms with Crippen LogP contribution in [-0.4, -0.2) is 111 Å². The molecular formula is C28H39ClN5O6S+. The van der Waals surface area contributed by atoms with E-state index in [1.165, 1.54) is 21.9 Å². The Morgan fingerprint density at radius 2 is 1.78 bits per heavy atom. The number of quaternary nitrogens is 1. The molecule has 3 N–H and O–H groups in total. The number of likely N-dealkylation sites (tertiary alicyclic amines) is 1. The second-order valence-corrected chi connectivity index (χ2v) is 13.2. The van der Waals surface area contributed by atoms with Crippen molar-refractivity contribution >= 4 is 50.1 Å². The standard InChI is InChI=1S/C28H38ClN5O6S/c1-19(2)32(11-10-31-12-14-40-15-13-31)27(36)20(3)33-9-8-25(28(33)37)34(18-26(30)35)41(38,39)24-7-5-21-16-23(29)6-4-22(21)17-24/h4-7,16-17,19-20,25H,8-15,18H2,1-3H3,(H2,30,35)/p+1. The first-order valence-electron chi connectivity index (χ1n) is 13.9. The number of hydrogen-bond donors (Lipinski definition) is 2. The van der Waals surface area contributed by atoms with Crippen molar-refractivity contribution in [1.29, 1.82) is 0 Å². The highest BCUT2D eigenvalue weighted by Crippen LogP contribution is 2.29. The molecule has 13 heteroatoms. The Hall–Kier alpha value is -2.77. The van der Waals surface area contributed by atoms with Gasteiger partial charge in [-0.2, -0.15) is 4.31 Å². The lowest BCUT2D eigenvalue weighted by Gasteiger charge is -2.34. The summed E-state index contributed by atoms with van der Waals surface area (Å²) in [4.78, 5) is 43.7. The molecule has 2 aliphatic heterocycles. The van der Waals surface area contributed by atoms with Crippen molar-refractivity contribution in [3.63, 3.8) is 0 Å². The molecule has 3 amide bonds. The molecule has 0 aliphatic carbocycles. The van der Waals surface area contributed by atoms with Crippen molar-refractivity contribution in [2.24, 2.45) is 5.73 Å². The number of sulfonamides is 1. The zero-order valence-electron chi connectivity index (χ0n) is 23.7. The fourth-order valence-electron chi connectivity index (χ4n) is 5.53. The van der Waals surface area contributed by atoms with Gasteiger partial charge in [-0.1, -0.05) is 23.7 Å². The monoisotopic (exact) mass is 608 g/mol. The Morgan fingerprint density at radius 3 is 2.44 bits per heavy atom. The molecule has 2 aromatic carbocycles. The van der Waals surface area contributed by atoms with Gasteiger partial charge in [0.2, 0.25) is 27.7 Å². The molecule has 0 bridgehead atoms. The molecule has 224 valence electrons. The van der Waals surface area contributed by atoms with Crippen LogP contribution < -0.4 is 10.6 Å². The number of nitrogens with one attached hydrogen (secondary N) is 1. The SMILES string of the molecule is CC(C)N(CC[NH+]1CCOCC1)C(=O)C(C)N1CCC(N(CC(N)=O)S(=O)(=O)c2ccc3cc(Cl)ccc3c2)C1=O. The molecule has 2 saturated heterocycles. The third-order valence-electron chi connectivity index (χ3n) is 7.89. The molecule has 4 rings (SSSR count). The molecule has 0 radical (unpaired) electrons. The van der Waals surface area contributed by atoms with Gasteiger partial charge in [0.1, 0.15) is 25.2 Å². The summed E-state index contributed by atoms with van der Waals surface area (Å²) in [6.45, 7) is 9.54. The van der Waals surface area contributed by atoms with Crippen LogP contribution in [0.1, 0.15) is 27.2 Å². The van der Waals surface area contributed by atoms with Crippen molar-refractivity contribution in [2.45, 2.75) is 50.2 Å². The van der Waals surface area contributed by atoms with Crippen molar-refractivity contribution in [3.05, 3.63) is 41.4 Å². The molecule has 2 aromatic rings. The normalized spacial score (nSPS) is 19.3. The fourth-order valence-corrected chi connectivity index (χ4v) is 7.32. The summed E-state index contributed by atoms with van der Waals surface area (Å²) in [6.07, 6.45) is 0.131. The Labute approximate surface area is 246 Å². The second-order valence-electron chi connectivity index (χ2n) is 10.9. The van der Waals surface area contributed by atoms with Crippen LogP contribution in [0, 0.1) is 0 Å². The van der Waals surface area contributed by atoms with Crippen molar-refractivity contribution in [3.8, 4) is 0 Å². The molecule has 2 heterocycles. The minimum atomic E-state index is -4.29. The van der Waals surface area contributed by atoms with Gasteiger partial charge in [0.25, 0.3) is 0 Å².